The summed E-state index contributed by atoms with van der Waals surface area (Å²) >= 11 is 9.80. The van der Waals surface area contributed by atoms with Gasteiger partial charge in [0.2, 0.25) is 0 Å². The first-order chi connectivity index (χ1) is 9.15. The fraction of sp³-hybridized carbons (Fsp3) is 0.385. The third-order valence-electron chi connectivity index (χ3n) is 2.59. The lowest BCUT2D eigenvalue weighted by molar-refractivity contribution is 0.944. The summed E-state index contributed by atoms with van der Waals surface area (Å²) in [6, 6.07) is 3.85. The van der Waals surface area contributed by atoms with Crippen LogP contribution in [0.2, 0.25) is 4.34 Å². The summed E-state index contributed by atoms with van der Waals surface area (Å²) in [5, 5.41) is 3.37. The van der Waals surface area contributed by atoms with Gasteiger partial charge in [0.1, 0.15) is 5.82 Å². The van der Waals surface area contributed by atoms with E-state index in [2.05, 4.69) is 51.7 Å². The molecule has 0 aliphatic heterocycles. The van der Waals surface area contributed by atoms with Crippen LogP contribution in [-0.4, -0.2) is 16.5 Å². The summed E-state index contributed by atoms with van der Waals surface area (Å²) in [7, 11) is 0. The van der Waals surface area contributed by atoms with Gasteiger partial charge in [-0.25, -0.2) is 9.97 Å². The Bertz CT molecular complexity index is 571. The predicted molar refractivity (Wildman–Crippen MR) is 91.2 cm³/mol. The Labute approximate surface area is 136 Å². The van der Waals surface area contributed by atoms with Crippen LogP contribution in [-0.2, 0) is 6.42 Å². The minimum absolute atomic E-state index is 0.757. The summed E-state index contributed by atoms with van der Waals surface area (Å²) in [5.74, 6) is 1.68. The van der Waals surface area contributed by atoms with Crippen LogP contribution in [0.3, 0.4) is 0 Å². The lowest BCUT2D eigenvalue weighted by Crippen LogP contribution is -2.08. The van der Waals surface area contributed by atoms with Crippen LogP contribution >= 0.6 is 45.5 Å². The zero-order valence-electron chi connectivity index (χ0n) is 10.8. The van der Waals surface area contributed by atoms with E-state index in [9.17, 15) is 0 Å². The van der Waals surface area contributed by atoms with E-state index < -0.39 is 0 Å². The number of halogens is 2. The van der Waals surface area contributed by atoms with E-state index in [1.807, 2.05) is 12.1 Å². The number of hydrogen-bond donors (Lipinski definition) is 1. The smallest absolute Gasteiger partial charge is 0.171 e. The maximum absolute atomic E-state index is 5.98. The van der Waals surface area contributed by atoms with Crippen LogP contribution in [0.1, 0.15) is 26.0 Å². The molecular weight excluding hydrogens is 393 g/mol. The first-order valence-corrected chi connectivity index (χ1v) is 8.49. The number of rotatable bonds is 5. The van der Waals surface area contributed by atoms with Gasteiger partial charge in [-0.3, -0.25) is 0 Å². The quantitative estimate of drug-likeness (QED) is 0.720. The largest absolute Gasteiger partial charge is 0.369 e. The van der Waals surface area contributed by atoms with Crippen molar-refractivity contribution in [2.75, 3.05) is 11.9 Å². The summed E-state index contributed by atoms with van der Waals surface area (Å²) < 4.78 is 1.87. The average molecular weight is 408 g/mol. The molecule has 0 amide bonds. The number of nitrogens with one attached hydrogen (secondary N) is 1. The molecule has 6 heteroatoms. The van der Waals surface area contributed by atoms with E-state index in [1.165, 1.54) is 11.3 Å². The third kappa shape index (κ3) is 3.58. The highest BCUT2D eigenvalue weighted by Gasteiger charge is 2.13. The van der Waals surface area contributed by atoms with Crippen molar-refractivity contribution in [2.24, 2.45) is 0 Å². The van der Waals surface area contributed by atoms with Crippen LogP contribution < -0.4 is 5.32 Å². The average Bonchev–Trinajstić information content (AvgIpc) is 2.84. The van der Waals surface area contributed by atoms with Gasteiger partial charge in [-0.2, -0.15) is 0 Å². The summed E-state index contributed by atoms with van der Waals surface area (Å²) in [6.45, 7) is 5.17. The number of aromatic nitrogens is 2. The van der Waals surface area contributed by atoms with Gasteiger partial charge in [0, 0.05) is 6.54 Å². The molecule has 2 aromatic rings. The fourth-order valence-corrected chi connectivity index (χ4v) is 3.42. The molecule has 2 heterocycles. The highest BCUT2D eigenvalue weighted by Crippen LogP contribution is 2.31. The van der Waals surface area contributed by atoms with E-state index in [4.69, 9.17) is 11.6 Å². The fourth-order valence-electron chi connectivity index (χ4n) is 1.63. The Hall–Kier alpha value is -0.400. The molecule has 3 nitrogen and oxygen atoms in total. The van der Waals surface area contributed by atoms with Crippen LogP contribution in [0, 0.1) is 3.57 Å². The van der Waals surface area contributed by atoms with Crippen molar-refractivity contribution in [3.05, 3.63) is 25.7 Å². The topological polar surface area (TPSA) is 37.8 Å². The Morgan fingerprint density at radius 2 is 2.11 bits per heavy atom. The predicted octanol–water partition coefficient (Wildman–Crippen LogP) is 4.85. The molecule has 0 aromatic carbocycles. The molecule has 0 radical (unpaired) electrons. The van der Waals surface area contributed by atoms with Crippen molar-refractivity contribution in [3.63, 3.8) is 0 Å². The Morgan fingerprint density at radius 3 is 2.68 bits per heavy atom. The van der Waals surface area contributed by atoms with Crippen LogP contribution in [0.25, 0.3) is 10.7 Å². The van der Waals surface area contributed by atoms with Gasteiger partial charge < -0.3 is 5.32 Å². The van der Waals surface area contributed by atoms with Crippen molar-refractivity contribution in [3.8, 4) is 10.7 Å². The van der Waals surface area contributed by atoms with Crippen molar-refractivity contribution in [1.82, 2.24) is 9.97 Å². The maximum atomic E-state index is 5.98. The molecule has 0 atom stereocenters. The van der Waals surface area contributed by atoms with E-state index in [0.29, 0.717) is 0 Å². The molecule has 0 aliphatic rings. The van der Waals surface area contributed by atoms with Gasteiger partial charge in [-0.1, -0.05) is 25.4 Å². The first kappa shape index (κ1) is 15.0. The maximum Gasteiger partial charge on any atom is 0.171 e. The molecule has 0 saturated heterocycles. The molecule has 1 N–H and O–H groups in total. The van der Waals surface area contributed by atoms with Crippen molar-refractivity contribution in [2.45, 2.75) is 26.7 Å². The van der Waals surface area contributed by atoms with Crippen molar-refractivity contribution in [1.29, 1.82) is 0 Å². The lowest BCUT2D eigenvalue weighted by atomic mass is 10.3. The van der Waals surface area contributed by atoms with Crippen molar-refractivity contribution >= 4 is 51.3 Å². The molecule has 0 aliphatic carbocycles. The Morgan fingerprint density at radius 1 is 1.32 bits per heavy atom. The molecule has 2 aromatic heterocycles. The van der Waals surface area contributed by atoms with E-state index in [-0.39, 0.29) is 0 Å². The van der Waals surface area contributed by atoms with Gasteiger partial charge in [0.05, 0.1) is 18.5 Å². The first-order valence-electron chi connectivity index (χ1n) is 6.21. The second kappa shape index (κ2) is 6.85. The number of nitrogens with zero attached hydrogens (tertiary/aromatic N) is 2. The molecule has 19 heavy (non-hydrogen) atoms. The van der Waals surface area contributed by atoms with E-state index in [0.717, 1.165) is 49.5 Å². The molecule has 0 spiro atoms. The summed E-state index contributed by atoms with van der Waals surface area (Å²) in [5.41, 5.74) is 1.08. The van der Waals surface area contributed by atoms with Gasteiger partial charge in [0.15, 0.2) is 5.82 Å². The second-order valence-corrected chi connectivity index (χ2v) is 6.83. The van der Waals surface area contributed by atoms with Gasteiger partial charge in [-0.15, -0.1) is 11.3 Å². The summed E-state index contributed by atoms with van der Waals surface area (Å²) in [6.07, 6.45) is 1.97. The normalized spacial score (nSPS) is 10.7. The second-order valence-electron chi connectivity index (χ2n) is 4.04. The number of thiophene rings is 1. The zero-order chi connectivity index (χ0) is 13.8. The molecular formula is C13H15ClIN3S. The number of anilines is 1. The zero-order valence-corrected chi connectivity index (χ0v) is 14.6. The highest BCUT2D eigenvalue weighted by atomic mass is 127. The standard InChI is InChI=1S/C13H15ClIN3S/c1-3-7-16-13-11(15)8(4-2)17-12(18-13)9-5-6-10(14)19-9/h5-6H,3-4,7H2,1-2H3,(H,16,17,18). The van der Waals surface area contributed by atoms with Gasteiger partial charge in [-0.05, 0) is 47.6 Å². The SMILES string of the molecule is CCCNc1nc(-c2ccc(Cl)s2)nc(CC)c1I. The highest BCUT2D eigenvalue weighted by molar-refractivity contribution is 14.1. The molecule has 102 valence electrons. The molecule has 0 unspecified atom stereocenters. The minimum Gasteiger partial charge on any atom is -0.369 e. The third-order valence-corrected chi connectivity index (χ3v) is 4.95. The number of aryl methyl sites for hydroxylation is 1. The minimum atomic E-state index is 0.757. The van der Waals surface area contributed by atoms with Gasteiger partial charge >= 0.3 is 0 Å². The van der Waals surface area contributed by atoms with Crippen LogP contribution in [0.4, 0.5) is 5.82 Å². The molecule has 2 rings (SSSR count). The van der Waals surface area contributed by atoms with Crippen molar-refractivity contribution < 1.29 is 0 Å². The number of hydrogen-bond acceptors (Lipinski definition) is 4. The Kier molecular flexibility index (Phi) is 5.41. The lowest BCUT2D eigenvalue weighted by Gasteiger charge is -2.11. The summed E-state index contributed by atoms with van der Waals surface area (Å²) in [4.78, 5) is 10.3. The van der Waals surface area contributed by atoms with E-state index >= 15 is 0 Å². The van der Waals surface area contributed by atoms with Gasteiger partial charge in [0.25, 0.3) is 0 Å². The van der Waals surface area contributed by atoms with Crippen LogP contribution in [0.5, 0.6) is 0 Å². The molecule has 0 saturated carbocycles. The van der Waals surface area contributed by atoms with E-state index in [1.54, 1.807) is 0 Å². The monoisotopic (exact) mass is 407 g/mol. The Balaban J connectivity index is 2.44. The molecule has 0 fully saturated rings. The van der Waals surface area contributed by atoms with Crippen LogP contribution in [0.15, 0.2) is 12.1 Å². The molecule has 0 bridgehead atoms.